The minimum absolute atomic E-state index is 0.0165. The molecule has 2 rings (SSSR count). The molecule has 88 valence electrons. The molecule has 1 atom stereocenters. The van der Waals surface area contributed by atoms with Crippen LogP contribution in [0.4, 0.5) is 5.69 Å². The van der Waals surface area contributed by atoms with Crippen LogP contribution >= 0.6 is 11.6 Å². The summed E-state index contributed by atoms with van der Waals surface area (Å²) in [6.07, 6.45) is 1.63. The first-order valence-corrected chi connectivity index (χ1v) is 7.26. The summed E-state index contributed by atoms with van der Waals surface area (Å²) < 4.78 is 22.9. The third kappa shape index (κ3) is 2.47. The molecule has 1 fully saturated rings. The molecule has 2 heterocycles. The first-order valence-electron chi connectivity index (χ1n) is 5.06. The number of rotatable bonds is 1. The zero-order valence-corrected chi connectivity index (χ0v) is 10.5. The standard InChI is InChI=1S/C10H13ClN2O2S/c1-8-7-16(14,15)5-4-13(8)9-2-3-12-10(11)6-9/h2-3,6,8H,4-5,7H2,1H3. The molecule has 0 saturated carbocycles. The highest BCUT2D eigenvalue weighted by atomic mass is 35.5. The van der Waals surface area contributed by atoms with Crippen LogP contribution in [0, 0.1) is 0 Å². The average molecular weight is 261 g/mol. The Morgan fingerprint density at radius 3 is 2.94 bits per heavy atom. The smallest absolute Gasteiger partial charge is 0.154 e. The van der Waals surface area contributed by atoms with Gasteiger partial charge in [-0.15, -0.1) is 0 Å². The van der Waals surface area contributed by atoms with Crippen LogP contribution in [0.15, 0.2) is 18.3 Å². The van der Waals surface area contributed by atoms with Crippen molar-refractivity contribution in [3.05, 3.63) is 23.5 Å². The second-order valence-corrected chi connectivity index (χ2v) is 6.61. The number of sulfone groups is 1. The van der Waals surface area contributed by atoms with Crippen molar-refractivity contribution in [3.8, 4) is 0 Å². The van der Waals surface area contributed by atoms with Crippen molar-refractivity contribution in [1.82, 2.24) is 4.98 Å². The maximum absolute atomic E-state index is 11.4. The second kappa shape index (κ2) is 4.22. The number of hydrogen-bond donors (Lipinski definition) is 0. The molecular weight excluding hydrogens is 248 g/mol. The van der Waals surface area contributed by atoms with Crippen LogP contribution in [-0.4, -0.2) is 37.5 Å². The molecule has 0 N–H and O–H groups in total. The Morgan fingerprint density at radius 2 is 2.31 bits per heavy atom. The van der Waals surface area contributed by atoms with Crippen LogP contribution < -0.4 is 4.90 Å². The lowest BCUT2D eigenvalue weighted by atomic mass is 10.2. The van der Waals surface area contributed by atoms with Crippen molar-refractivity contribution in [2.24, 2.45) is 0 Å². The fraction of sp³-hybridized carbons (Fsp3) is 0.500. The molecule has 16 heavy (non-hydrogen) atoms. The van der Waals surface area contributed by atoms with Gasteiger partial charge in [-0.25, -0.2) is 13.4 Å². The van der Waals surface area contributed by atoms with Gasteiger partial charge in [0, 0.05) is 24.5 Å². The third-order valence-corrected chi connectivity index (χ3v) is 4.71. The third-order valence-electron chi connectivity index (χ3n) is 2.71. The lowest BCUT2D eigenvalue weighted by molar-refractivity contribution is 0.568. The van der Waals surface area contributed by atoms with Crippen molar-refractivity contribution in [2.75, 3.05) is 23.0 Å². The van der Waals surface area contributed by atoms with Gasteiger partial charge in [-0.1, -0.05) is 11.6 Å². The van der Waals surface area contributed by atoms with E-state index in [2.05, 4.69) is 9.88 Å². The molecule has 0 aliphatic carbocycles. The molecule has 6 heteroatoms. The Kier molecular flexibility index (Phi) is 3.08. The van der Waals surface area contributed by atoms with Gasteiger partial charge >= 0.3 is 0 Å². The Hall–Kier alpha value is -0.810. The summed E-state index contributed by atoms with van der Waals surface area (Å²) in [6.45, 7) is 2.43. The fourth-order valence-electron chi connectivity index (χ4n) is 1.95. The second-order valence-electron chi connectivity index (χ2n) is 3.99. The molecule has 0 bridgehead atoms. The van der Waals surface area contributed by atoms with E-state index in [0.717, 1.165) is 5.69 Å². The van der Waals surface area contributed by atoms with E-state index in [4.69, 9.17) is 11.6 Å². The zero-order chi connectivity index (χ0) is 11.8. The van der Waals surface area contributed by atoms with Crippen LogP contribution in [0.2, 0.25) is 5.15 Å². The summed E-state index contributed by atoms with van der Waals surface area (Å²) in [6, 6.07) is 3.59. The fourth-order valence-corrected chi connectivity index (χ4v) is 3.68. The molecule has 1 saturated heterocycles. The number of halogens is 1. The van der Waals surface area contributed by atoms with Crippen molar-refractivity contribution in [2.45, 2.75) is 13.0 Å². The molecule has 0 spiro atoms. The minimum Gasteiger partial charge on any atom is -0.367 e. The Labute approximate surface area is 100 Å². The van der Waals surface area contributed by atoms with E-state index in [9.17, 15) is 8.42 Å². The normalized spacial score (nSPS) is 24.4. The first kappa shape index (κ1) is 11.7. The summed E-state index contributed by atoms with van der Waals surface area (Å²) in [5, 5.41) is 0.429. The van der Waals surface area contributed by atoms with Crippen LogP contribution in [0.25, 0.3) is 0 Å². The number of hydrogen-bond acceptors (Lipinski definition) is 4. The number of pyridine rings is 1. The van der Waals surface area contributed by atoms with Gasteiger partial charge in [0.05, 0.1) is 11.5 Å². The zero-order valence-electron chi connectivity index (χ0n) is 8.93. The van der Waals surface area contributed by atoms with E-state index < -0.39 is 9.84 Å². The van der Waals surface area contributed by atoms with E-state index in [1.165, 1.54) is 0 Å². The number of aromatic nitrogens is 1. The Bertz CT molecular complexity index is 489. The van der Waals surface area contributed by atoms with E-state index in [1.807, 2.05) is 13.0 Å². The molecule has 1 aromatic heterocycles. The number of anilines is 1. The maximum Gasteiger partial charge on any atom is 0.154 e. The molecule has 0 aromatic carbocycles. The van der Waals surface area contributed by atoms with Gasteiger partial charge in [0.1, 0.15) is 5.15 Å². The van der Waals surface area contributed by atoms with Gasteiger partial charge in [-0.2, -0.15) is 0 Å². The highest BCUT2D eigenvalue weighted by Gasteiger charge is 2.28. The monoisotopic (exact) mass is 260 g/mol. The summed E-state index contributed by atoms with van der Waals surface area (Å²) in [4.78, 5) is 5.96. The minimum atomic E-state index is -2.87. The van der Waals surface area contributed by atoms with Crippen molar-refractivity contribution < 1.29 is 8.42 Å². The summed E-state index contributed by atoms with van der Waals surface area (Å²) >= 11 is 5.81. The SMILES string of the molecule is CC1CS(=O)(=O)CCN1c1ccnc(Cl)c1. The van der Waals surface area contributed by atoms with Crippen LogP contribution in [-0.2, 0) is 9.84 Å². The predicted octanol–water partition coefficient (Wildman–Crippen LogP) is 1.36. The highest BCUT2D eigenvalue weighted by Crippen LogP contribution is 2.22. The van der Waals surface area contributed by atoms with Gasteiger partial charge in [-0.05, 0) is 19.1 Å². The quantitative estimate of drug-likeness (QED) is 0.716. The first-order chi connectivity index (χ1) is 7.48. The molecule has 0 radical (unpaired) electrons. The molecule has 0 amide bonds. The topological polar surface area (TPSA) is 50.3 Å². The molecule has 1 aliphatic rings. The lowest BCUT2D eigenvalue weighted by Gasteiger charge is -2.35. The number of nitrogens with zero attached hydrogens (tertiary/aromatic N) is 2. The molecule has 1 aliphatic heterocycles. The van der Waals surface area contributed by atoms with Crippen molar-refractivity contribution in [3.63, 3.8) is 0 Å². The lowest BCUT2D eigenvalue weighted by Crippen LogP contribution is -2.47. The Balaban J connectivity index is 2.24. The summed E-state index contributed by atoms with van der Waals surface area (Å²) in [7, 11) is -2.87. The summed E-state index contributed by atoms with van der Waals surface area (Å²) in [5.41, 5.74) is 0.933. The molecule has 1 aromatic rings. The van der Waals surface area contributed by atoms with Gasteiger partial charge in [0.15, 0.2) is 9.84 Å². The molecule has 4 nitrogen and oxygen atoms in total. The highest BCUT2D eigenvalue weighted by molar-refractivity contribution is 7.91. The molecular formula is C10H13ClN2O2S. The van der Waals surface area contributed by atoms with Gasteiger partial charge in [-0.3, -0.25) is 0 Å². The van der Waals surface area contributed by atoms with Crippen molar-refractivity contribution in [1.29, 1.82) is 0 Å². The van der Waals surface area contributed by atoms with Gasteiger partial charge in [0.2, 0.25) is 0 Å². The van der Waals surface area contributed by atoms with E-state index >= 15 is 0 Å². The Morgan fingerprint density at radius 1 is 1.56 bits per heavy atom. The molecule has 1 unspecified atom stereocenters. The average Bonchev–Trinajstić information content (AvgIpc) is 2.15. The van der Waals surface area contributed by atoms with Crippen LogP contribution in [0.5, 0.6) is 0 Å². The van der Waals surface area contributed by atoms with E-state index in [-0.39, 0.29) is 17.5 Å². The van der Waals surface area contributed by atoms with Crippen LogP contribution in [0.1, 0.15) is 6.92 Å². The van der Waals surface area contributed by atoms with Gasteiger partial charge in [0.25, 0.3) is 0 Å². The van der Waals surface area contributed by atoms with E-state index in [1.54, 1.807) is 12.3 Å². The predicted molar refractivity (Wildman–Crippen MR) is 64.7 cm³/mol. The maximum atomic E-state index is 11.4. The van der Waals surface area contributed by atoms with E-state index in [0.29, 0.717) is 11.7 Å². The van der Waals surface area contributed by atoms with Crippen LogP contribution in [0.3, 0.4) is 0 Å². The van der Waals surface area contributed by atoms with Gasteiger partial charge < -0.3 is 4.90 Å². The summed E-state index contributed by atoms with van der Waals surface area (Å²) in [5.74, 6) is 0.407. The van der Waals surface area contributed by atoms with Crippen molar-refractivity contribution >= 4 is 27.1 Å². The largest absolute Gasteiger partial charge is 0.367 e.